The van der Waals surface area contributed by atoms with Gasteiger partial charge in [0.05, 0.1) is 21.5 Å². The van der Waals surface area contributed by atoms with Gasteiger partial charge in [-0.05, 0) is 48.6 Å². The average Bonchev–Trinajstić information content (AvgIpc) is 2.92. The Hall–Kier alpha value is -1.59. The molecule has 0 fully saturated rings. The summed E-state index contributed by atoms with van der Waals surface area (Å²) in [5.74, 6) is 1.29. The number of para-hydroxylation sites is 3. The third-order valence-electron chi connectivity index (χ3n) is 6.55. The molecule has 4 nitrogen and oxygen atoms in total. The fourth-order valence-electron chi connectivity index (χ4n) is 4.74. The second kappa shape index (κ2) is 16.0. The van der Waals surface area contributed by atoms with Crippen LogP contribution in [0.4, 0.5) is 17.1 Å². The van der Waals surface area contributed by atoms with Crippen molar-refractivity contribution in [3.63, 3.8) is 0 Å². The normalized spacial score (nSPS) is 12.5. The molecule has 8 heteroatoms. The molecule has 1 aliphatic rings. The van der Waals surface area contributed by atoms with Crippen molar-refractivity contribution in [2.24, 2.45) is 0 Å². The zero-order valence-corrected chi connectivity index (χ0v) is 25.4. The van der Waals surface area contributed by atoms with E-state index in [1.165, 1.54) is 53.0 Å². The minimum Gasteiger partial charge on any atom is -0.748 e. The van der Waals surface area contributed by atoms with E-state index in [4.69, 9.17) is 0 Å². The Morgan fingerprint density at radius 3 is 1.82 bits per heavy atom. The summed E-state index contributed by atoms with van der Waals surface area (Å²) >= 11 is 3.56. The molecule has 0 unspecified atom stereocenters. The van der Waals surface area contributed by atoms with E-state index in [-0.39, 0.29) is 24.6 Å². The molecule has 0 bridgehead atoms. The smallest absolute Gasteiger partial charge is 0.748 e. The Bertz CT molecular complexity index is 1280. The Labute approximate surface area is 255 Å². The molecule has 202 valence electrons. The van der Waals surface area contributed by atoms with Gasteiger partial charge in [-0.25, -0.2) is 8.42 Å². The second-order valence-electron chi connectivity index (χ2n) is 9.45. The number of nitrogens with zero attached hydrogens (tertiary/aromatic N) is 1. The van der Waals surface area contributed by atoms with Gasteiger partial charge in [0.1, 0.15) is 0 Å². The van der Waals surface area contributed by atoms with E-state index in [0.717, 1.165) is 29.2 Å². The molecule has 0 radical (unpaired) electrons. The van der Waals surface area contributed by atoms with Crippen molar-refractivity contribution in [1.29, 1.82) is 0 Å². The molecule has 0 saturated carbocycles. The Balaban J connectivity index is 0.00000420. The molecule has 0 saturated heterocycles. The summed E-state index contributed by atoms with van der Waals surface area (Å²) in [7, 11) is -4.21. The average molecular weight is 574 g/mol. The largest absolute Gasteiger partial charge is 1.00 e. The number of hydrogen-bond acceptors (Lipinski definition) is 6. The number of benzene rings is 3. The summed E-state index contributed by atoms with van der Waals surface area (Å²) in [6.07, 6.45) is 7.84. The van der Waals surface area contributed by atoms with Crippen molar-refractivity contribution < 1.29 is 31.8 Å². The van der Waals surface area contributed by atoms with Gasteiger partial charge in [0.25, 0.3) is 0 Å². The third-order valence-corrected chi connectivity index (χ3v) is 9.96. The van der Waals surface area contributed by atoms with Crippen molar-refractivity contribution in [1.82, 2.24) is 0 Å². The Morgan fingerprint density at radius 1 is 0.718 bits per heavy atom. The number of thioether (sulfide) groups is 2. The van der Waals surface area contributed by atoms with Crippen LogP contribution >= 0.6 is 23.5 Å². The molecule has 0 spiro atoms. The molecule has 3 aromatic rings. The maximum absolute atomic E-state index is 11.2. The van der Waals surface area contributed by atoms with Crippen molar-refractivity contribution in [3.8, 4) is 0 Å². The zero-order valence-electron chi connectivity index (χ0n) is 23.0. The minimum absolute atomic E-state index is 0. The third kappa shape index (κ3) is 8.95. The first-order chi connectivity index (χ1) is 18.5. The predicted molar refractivity (Wildman–Crippen MR) is 165 cm³/mol. The van der Waals surface area contributed by atoms with Gasteiger partial charge in [-0.2, -0.15) is 0 Å². The summed E-state index contributed by atoms with van der Waals surface area (Å²) in [5, 5.41) is 0. The first kappa shape index (κ1) is 31.9. The van der Waals surface area contributed by atoms with Crippen LogP contribution in [0.25, 0.3) is 5.57 Å². The van der Waals surface area contributed by atoms with Crippen LogP contribution in [0.2, 0.25) is 0 Å². The van der Waals surface area contributed by atoms with Crippen LogP contribution in [0.15, 0.2) is 83.1 Å². The van der Waals surface area contributed by atoms with E-state index in [2.05, 4.69) is 84.6 Å². The van der Waals surface area contributed by atoms with Crippen LogP contribution in [0.5, 0.6) is 0 Å². The van der Waals surface area contributed by atoms with Crippen LogP contribution in [-0.4, -0.2) is 30.2 Å². The predicted octanol–water partition coefficient (Wildman–Crippen LogP) is 5.95. The molecule has 0 atom stereocenters. The number of rotatable bonds is 14. The molecule has 1 heterocycles. The second-order valence-corrected chi connectivity index (χ2v) is 13.4. The van der Waals surface area contributed by atoms with Crippen molar-refractivity contribution in [2.75, 3.05) is 22.2 Å². The van der Waals surface area contributed by atoms with E-state index in [0.29, 0.717) is 12.2 Å². The van der Waals surface area contributed by atoms with E-state index >= 15 is 0 Å². The van der Waals surface area contributed by atoms with E-state index in [1.54, 1.807) is 11.8 Å². The zero-order chi connectivity index (χ0) is 26.8. The van der Waals surface area contributed by atoms with Gasteiger partial charge in [0.2, 0.25) is 0 Å². The van der Waals surface area contributed by atoms with Crippen molar-refractivity contribution in [3.05, 3.63) is 94.2 Å². The maximum Gasteiger partial charge on any atom is 1.00 e. The Kier molecular flexibility index (Phi) is 13.1. The van der Waals surface area contributed by atoms with Gasteiger partial charge in [-0.15, -0.1) is 23.5 Å². The summed E-state index contributed by atoms with van der Waals surface area (Å²) in [5.41, 5.74) is 6.92. The molecule has 1 aliphatic heterocycles. The first-order valence-corrected chi connectivity index (χ1v) is 17.0. The summed E-state index contributed by atoms with van der Waals surface area (Å²) < 4.78 is 34.8. The van der Waals surface area contributed by atoms with E-state index in [9.17, 15) is 13.0 Å². The molecule has 0 aromatic heterocycles. The fourth-order valence-corrected chi connectivity index (χ4v) is 7.99. The van der Waals surface area contributed by atoms with Crippen molar-refractivity contribution >= 4 is 56.3 Å². The summed E-state index contributed by atoms with van der Waals surface area (Å²) in [4.78, 5) is 2.32. The van der Waals surface area contributed by atoms with Gasteiger partial charge in [0, 0.05) is 32.4 Å². The minimum atomic E-state index is -4.21. The molecular weight excluding hydrogens is 537 g/mol. The van der Waals surface area contributed by atoms with Crippen molar-refractivity contribution in [2.45, 2.75) is 51.9 Å². The van der Waals surface area contributed by atoms with Crippen LogP contribution in [-0.2, 0) is 10.1 Å². The first-order valence-electron chi connectivity index (χ1n) is 13.5. The Morgan fingerprint density at radius 2 is 1.23 bits per heavy atom. The fraction of sp³-hybridized carbons (Fsp3) is 0.355. The van der Waals surface area contributed by atoms with E-state index in [1.807, 2.05) is 17.8 Å². The quantitative estimate of drug-likeness (QED) is 0.106. The summed E-state index contributed by atoms with van der Waals surface area (Å²) in [6.45, 7) is 2.24. The van der Waals surface area contributed by atoms with E-state index < -0.39 is 10.1 Å². The van der Waals surface area contributed by atoms with Gasteiger partial charge in [0.15, 0.2) is 0 Å². The van der Waals surface area contributed by atoms with Gasteiger partial charge in [-0.3, -0.25) is 0 Å². The standard InChI is InChI=1S/C31H37NO3S3.Li/c1-2-3-4-5-6-14-22-36-31(37-23-15-24-38(33,34)35)30-26-18-10-12-20-28(26)32(25-16-8-7-9-17-25)29-21-13-11-19-27(29)30;/h7-13,16-21H,2-6,14-15,22-24H2,1H3,(H,33,34,35);/q;+1/p-1. The van der Waals surface area contributed by atoms with Crippen LogP contribution < -0.4 is 23.8 Å². The number of unbranched alkanes of at least 4 members (excludes halogenated alkanes) is 5. The SMILES string of the molecule is CCCCCCCCSC(SCCCS(=O)(=O)[O-])=C1c2ccccc2N(c2ccccc2)c2ccccc21.[Li+]. The molecule has 0 N–H and O–H groups in total. The molecule has 39 heavy (non-hydrogen) atoms. The number of hydrogen-bond donors (Lipinski definition) is 0. The molecule has 3 aromatic carbocycles. The molecule has 4 rings (SSSR count). The van der Waals surface area contributed by atoms with Gasteiger partial charge >= 0.3 is 18.9 Å². The van der Waals surface area contributed by atoms with Crippen LogP contribution in [0, 0.1) is 0 Å². The van der Waals surface area contributed by atoms with Crippen LogP contribution in [0.1, 0.15) is 63.0 Å². The summed E-state index contributed by atoms with van der Waals surface area (Å²) in [6, 6.07) is 27.5. The van der Waals surface area contributed by atoms with Gasteiger partial charge in [-0.1, -0.05) is 93.6 Å². The topological polar surface area (TPSA) is 60.4 Å². The molecule has 0 aliphatic carbocycles. The number of fused-ring (bicyclic) bond motifs is 2. The monoisotopic (exact) mass is 573 g/mol. The maximum atomic E-state index is 11.2. The van der Waals surface area contributed by atoms with Gasteiger partial charge < -0.3 is 9.45 Å². The molecule has 0 amide bonds. The number of anilines is 3. The van der Waals surface area contributed by atoms with Crippen LogP contribution in [0.3, 0.4) is 0 Å². The molecular formula is C31H36LiNO3S3.